The third-order valence-corrected chi connectivity index (χ3v) is 3.45. The molecule has 0 fully saturated rings. The standard InChI is InChI=1S/C14H19N3O2/c1-4-10(3)16(5-2)13-12(14(18)19)17-9-7-6-8-11(17)15-13/h6-10H,4-5H2,1-3H3,(H,18,19). The van der Waals surface area contributed by atoms with Crippen molar-refractivity contribution >= 4 is 17.4 Å². The third kappa shape index (κ3) is 2.28. The first kappa shape index (κ1) is 13.4. The summed E-state index contributed by atoms with van der Waals surface area (Å²) in [5, 5.41) is 9.46. The summed E-state index contributed by atoms with van der Waals surface area (Å²) in [6.45, 7) is 6.92. The minimum absolute atomic E-state index is 0.234. The Morgan fingerprint density at radius 1 is 1.47 bits per heavy atom. The zero-order valence-electron chi connectivity index (χ0n) is 11.5. The van der Waals surface area contributed by atoms with Crippen LogP contribution in [0.25, 0.3) is 5.65 Å². The first-order chi connectivity index (χ1) is 9.10. The minimum atomic E-state index is -0.949. The number of carboxylic acid groups (broad SMARTS) is 1. The van der Waals surface area contributed by atoms with Gasteiger partial charge >= 0.3 is 5.97 Å². The van der Waals surface area contributed by atoms with Gasteiger partial charge in [-0.05, 0) is 32.4 Å². The Morgan fingerprint density at radius 3 is 2.79 bits per heavy atom. The molecule has 0 aliphatic rings. The van der Waals surface area contributed by atoms with Gasteiger partial charge in [0.2, 0.25) is 0 Å². The van der Waals surface area contributed by atoms with Crippen LogP contribution in [0.2, 0.25) is 0 Å². The first-order valence-corrected chi connectivity index (χ1v) is 6.57. The zero-order chi connectivity index (χ0) is 14.0. The van der Waals surface area contributed by atoms with Crippen LogP contribution in [-0.4, -0.2) is 33.0 Å². The van der Waals surface area contributed by atoms with Crippen LogP contribution in [0.5, 0.6) is 0 Å². The van der Waals surface area contributed by atoms with Gasteiger partial charge in [0.25, 0.3) is 0 Å². The molecular weight excluding hydrogens is 242 g/mol. The molecule has 5 nitrogen and oxygen atoms in total. The smallest absolute Gasteiger partial charge is 0.356 e. The quantitative estimate of drug-likeness (QED) is 0.899. The Morgan fingerprint density at radius 2 is 2.21 bits per heavy atom. The highest BCUT2D eigenvalue weighted by atomic mass is 16.4. The van der Waals surface area contributed by atoms with Crippen LogP contribution in [-0.2, 0) is 0 Å². The van der Waals surface area contributed by atoms with Crippen molar-refractivity contribution in [3.05, 3.63) is 30.1 Å². The van der Waals surface area contributed by atoms with Crippen molar-refractivity contribution in [2.45, 2.75) is 33.2 Å². The van der Waals surface area contributed by atoms with Gasteiger partial charge in [0.1, 0.15) is 5.65 Å². The molecule has 19 heavy (non-hydrogen) atoms. The van der Waals surface area contributed by atoms with Crippen LogP contribution >= 0.6 is 0 Å². The molecule has 1 atom stereocenters. The van der Waals surface area contributed by atoms with E-state index in [9.17, 15) is 9.90 Å². The van der Waals surface area contributed by atoms with Gasteiger partial charge in [0.15, 0.2) is 11.5 Å². The maximum atomic E-state index is 11.5. The van der Waals surface area contributed by atoms with E-state index in [2.05, 4.69) is 18.8 Å². The molecule has 0 amide bonds. The lowest BCUT2D eigenvalue weighted by molar-refractivity contribution is 0.0690. The van der Waals surface area contributed by atoms with E-state index in [1.807, 2.05) is 30.0 Å². The molecule has 0 aliphatic heterocycles. The topological polar surface area (TPSA) is 57.8 Å². The minimum Gasteiger partial charge on any atom is -0.476 e. The average Bonchev–Trinajstić information content (AvgIpc) is 2.78. The lowest BCUT2D eigenvalue weighted by atomic mass is 10.2. The Labute approximate surface area is 112 Å². The van der Waals surface area contributed by atoms with Gasteiger partial charge in [0.05, 0.1) is 0 Å². The van der Waals surface area contributed by atoms with Gasteiger partial charge in [-0.25, -0.2) is 9.78 Å². The number of hydrogen-bond donors (Lipinski definition) is 1. The fourth-order valence-corrected chi connectivity index (χ4v) is 2.27. The van der Waals surface area contributed by atoms with Crippen LogP contribution in [0.4, 0.5) is 5.82 Å². The van der Waals surface area contributed by atoms with Crippen molar-refractivity contribution < 1.29 is 9.90 Å². The van der Waals surface area contributed by atoms with Crippen LogP contribution < -0.4 is 4.90 Å². The molecule has 0 radical (unpaired) electrons. The maximum Gasteiger partial charge on any atom is 0.356 e. The number of carbonyl (C=O) groups is 1. The summed E-state index contributed by atoms with van der Waals surface area (Å²) in [6, 6.07) is 5.75. The molecule has 1 N–H and O–H groups in total. The summed E-state index contributed by atoms with van der Waals surface area (Å²) < 4.78 is 1.63. The fraction of sp³-hybridized carbons (Fsp3) is 0.429. The number of pyridine rings is 1. The van der Waals surface area contributed by atoms with Gasteiger partial charge in [-0.1, -0.05) is 13.0 Å². The van der Waals surface area contributed by atoms with E-state index in [1.54, 1.807) is 10.6 Å². The van der Waals surface area contributed by atoms with Gasteiger partial charge in [-0.3, -0.25) is 4.40 Å². The van der Waals surface area contributed by atoms with Crippen LogP contribution in [0, 0.1) is 0 Å². The highest BCUT2D eigenvalue weighted by Gasteiger charge is 2.24. The molecule has 2 aromatic heterocycles. The van der Waals surface area contributed by atoms with E-state index in [0.717, 1.165) is 13.0 Å². The van der Waals surface area contributed by atoms with Crippen molar-refractivity contribution in [1.29, 1.82) is 0 Å². The average molecular weight is 261 g/mol. The van der Waals surface area contributed by atoms with E-state index in [0.29, 0.717) is 11.5 Å². The molecule has 0 aromatic carbocycles. The van der Waals surface area contributed by atoms with Crippen LogP contribution in [0.3, 0.4) is 0 Å². The van der Waals surface area contributed by atoms with E-state index >= 15 is 0 Å². The summed E-state index contributed by atoms with van der Waals surface area (Å²) in [5.41, 5.74) is 0.898. The number of carboxylic acids is 1. The number of nitrogens with zero attached hydrogens (tertiary/aromatic N) is 3. The SMILES string of the molecule is CCC(C)N(CC)c1nc2ccccn2c1C(=O)O. The Balaban J connectivity index is 2.64. The maximum absolute atomic E-state index is 11.5. The van der Waals surface area contributed by atoms with E-state index in [1.165, 1.54) is 0 Å². The second-order valence-corrected chi connectivity index (χ2v) is 4.56. The number of imidazole rings is 1. The number of aromatic carboxylic acids is 1. The largest absolute Gasteiger partial charge is 0.476 e. The van der Waals surface area contributed by atoms with Crippen molar-refractivity contribution in [2.75, 3.05) is 11.4 Å². The van der Waals surface area contributed by atoms with E-state index in [4.69, 9.17) is 0 Å². The molecule has 102 valence electrons. The number of fused-ring (bicyclic) bond motifs is 1. The van der Waals surface area contributed by atoms with Crippen molar-refractivity contribution in [2.24, 2.45) is 0 Å². The summed E-state index contributed by atoms with van der Waals surface area (Å²) in [5.74, 6) is -0.397. The molecule has 5 heteroatoms. The molecule has 1 unspecified atom stereocenters. The number of anilines is 1. The number of hydrogen-bond acceptors (Lipinski definition) is 3. The van der Waals surface area contributed by atoms with Gasteiger partial charge in [-0.15, -0.1) is 0 Å². The molecule has 0 saturated carbocycles. The number of rotatable bonds is 5. The Kier molecular flexibility index (Phi) is 3.74. The predicted molar refractivity (Wildman–Crippen MR) is 74.9 cm³/mol. The van der Waals surface area contributed by atoms with Crippen molar-refractivity contribution in [3.63, 3.8) is 0 Å². The van der Waals surface area contributed by atoms with Gasteiger partial charge < -0.3 is 10.0 Å². The molecular formula is C14H19N3O2. The van der Waals surface area contributed by atoms with E-state index in [-0.39, 0.29) is 11.7 Å². The lowest BCUT2D eigenvalue weighted by Gasteiger charge is -2.27. The zero-order valence-corrected chi connectivity index (χ0v) is 11.5. The van der Waals surface area contributed by atoms with Crippen LogP contribution in [0.15, 0.2) is 24.4 Å². The Hall–Kier alpha value is -2.04. The summed E-state index contributed by atoms with van der Waals surface area (Å²) in [7, 11) is 0. The van der Waals surface area contributed by atoms with Crippen LogP contribution in [0.1, 0.15) is 37.7 Å². The molecule has 2 aromatic rings. The molecule has 0 bridgehead atoms. The van der Waals surface area contributed by atoms with Gasteiger partial charge in [-0.2, -0.15) is 0 Å². The highest BCUT2D eigenvalue weighted by molar-refractivity contribution is 5.93. The molecule has 2 heterocycles. The van der Waals surface area contributed by atoms with Gasteiger partial charge in [0, 0.05) is 18.8 Å². The normalized spacial score (nSPS) is 12.6. The Bertz CT molecular complexity index is 591. The van der Waals surface area contributed by atoms with Crippen molar-refractivity contribution in [3.8, 4) is 0 Å². The highest BCUT2D eigenvalue weighted by Crippen LogP contribution is 2.24. The monoisotopic (exact) mass is 261 g/mol. The summed E-state index contributed by atoms with van der Waals surface area (Å²) in [6.07, 6.45) is 2.68. The molecule has 0 saturated heterocycles. The second kappa shape index (κ2) is 5.30. The fourth-order valence-electron chi connectivity index (χ4n) is 2.27. The predicted octanol–water partition coefficient (Wildman–Crippen LogP) is 2.66. The lowest BCUT2D eigenvalue weighted by Crippen LogP contribution is -2.33. The third-order valence-electron chi connectivity index (χ3n) is 3.45. The first-order valence-electron chi connectivity index (χ1n) is 6.57. The van der Waals surface area contributed by atoms with Crippen molar-refractivity contribution in [1.82, 2.24) is 9.38 Å². The van der Waals surface area contributed by atoms with E-state index < -0.39 is 5.97 Å². The summed E-state index contributed by atoms with van der Waals surface area (Å²) in [4.78, 5) is 18.1. The molecule has 2 rings (SSSR count). The second-order valence-electron chi connectivity index (χ2n) is 4.56. The molecule has 0 spiro atoms. The summed E-state index contributed by atoms with van der Waals surface area (Å²) >= 11 is 0. The number of aromatic nitrogens is 2. The molecule has 0 aliphatic carbocycles.